The first-order valence-corrected chi connectivity index (χ1v) is 13.4. The van der Waals surface area contributed by atoms with E-state index >= 15 is 0 Å². The van der Waals surface area contributed by atoms with Gasteiger partial charge >= 0.3 is 0 Å². The molecule has 1 unspecified atom stereocenters. The summed E-state index contributed by atoms with van der Waals surface area (Å²) in [7, 11) is -3.56. The van der Waals surface area contributed by atoms with Crippen molar-refractivity contribution in [3.05, 3.63) is 95.6 Å². The fourth-order valence-corrected chi connectivity index (χ4v) is 4.37. The van der Waals surface area contributed by atoms with Gasteiger partial charge in [0.05, 0.1) is 12.4 Å². The summed E-state index contributed by atoms with van der Waals surface area (Å²) in [6.07, 6.45) is 3.12. The van der Waals surface area contributed by atoms with Gasteiger partial charge in [0.1, 0.15) is 15.9 Å². The molecule has 0 aliphatic heterocycles. The van der Waals surface area contributed by atoms with Gasteiger partial charge < -0.3 is 5.32 Å². The smallest absolute Gasteiger partial charge is 0.267 e. The van der Waals surface area contributed by atoms with Crippen molar-refractivity contribution in [1.82, 2.24) is 10.8 Å². The summed E-state index contributed by atoms with van der Waals surface area (Å²) < 4.78 is 23.7. The predicted octanol–water partition coefficient (Wildman–Crippen LogP) is 3.70. The minimum atomic E-state index is -3.56. The molecule has 0 fully saturated rings. The lowest BCUT2D eigenvalue weighted by atomic mass is 10.0. The Morgan fingerprint density at radius 1 is 0.857 bits per heavy atom. The van der Waals surface area contributed by atoms with Gasteiger partial charge in [0, 0.05) is 11.8 Å². The third-order valence-electron chi connectivity index (χ3n) is 5.32. The molecule has 1 atom stereocenters. The Morgan fingerprint density at radius 3 is 2.03 bits per heavy atom. The van der Waals surface area contributed by atoms with Crippen LogP contribution in [0, 0.1) is 0 Å². The lowest BCUT2D eigenvalue weighted by molar-refractivity contribution is -0.136. The van der Waals surface area contributed by atoms with Gasteiger partial charge in [-0.25, -0.2) is 13.9 Å². The number of hydrogen-bond acceptors (Lipinski definition) is 5. The number of hydrogen-bond donors (Lipinski definition) is 2. The third kappa shape index (κ3) is 8.35. The van der Waals surface area contributed by atoms with Gasteiger partial charge in [-0.1, -0.05) is 80.1 Å². The topological polar surface area (TPSA) is 102 Å². The molecule has 0 saturated carbocycles. The molecule has 3 aromatic rings. The van der Waals surface area contributed by atoms with Crippen molar-refractivity contribution in [3.8, 4) is 11.1 Å². The zero-order valence-electron chi connectivity index (χ0n) is 19.9. The highest BCUT2D eigenvalue weighted by molar-refractivity contribution is 7.90. The number of aryl methyl sites for hydroxylation is 1. The molecule has 184 valence electrons. The molecular formula is C27H30N2O5S. The molecule has 2 amide bonds. The van der Waals surface area contributed by atoms with E-state index in [0.717, 1.165) is 35.8 Å². The highest BCUT2D eigenvalue weighted by Crippen LogP contribution is 2.21. The first-order chi connectivity index (χ1) is 16.7. The average Bonchev–Trinajstić information content (AvgIpc) is 2.84. The summed E-state index contributed by atoms with van der Waals surface area (Å²) in [5.41, 5.74) is 6.63. The first-order valence-electron chi connectivity index (χ1n) is 11.4. The second kappa shape index (κ2) is 12.3. The van der Waals surface area contributed by atoms with Crippen molar-refractivity contribution in [2.75, 3.05) is 12.0 Å². The molecule has 0 spiro atoms. The molecule has 3 aromatic carbocycles. The van der Waals surface area contributed by atoms with Crippen molar-refractivity contribution in [3.63, 3.8) is 0 Å². The predicted molar refractivity (Wildman–Crippen MR) is 136 cm³/mol. The van der Waals surface area contributed by atoms with Crippen LogP contribution in [0.1, 0.15) is 34.8 Å². The van der Waals surface area contributed by atoms with Crippen molar-refractivity contribution in [1.29, 1.82) is 0 Å². The summed E-state index contributed by atoms with van der Waals surface area (Å²) in [5.74, 6) is -1.85. The number of carbonyl (C=O) groups excluding carboxylic acids is 2. The van der Waals surface area contributed by atoms with Crippen LogP contribution in [0.25, 0.3) is 11.1 Å². The van der Waals surface area contributed by atoms with E-state index in [0.29, 0.717) is 5.56 Å². The Balaban J connectivity index is 1.64. The molecule has 0 aromatic heterocycles. The molecule has 8 heteroatoms. The maximum atomic E-state index is 12.8. The van der Waals surface area contributed by atoms with E-state index in [2.05, 4.69) is 29.9 Å². The number of nitrogens with one attached hydrogen (secondary N) is 2. The second-order valence-corrected chi connectivity index (χ2v) is 10.6. The lowest BCUT2D eigenvalue weighted by Gasteiger charge is -2.17. The summed E-state index contributed by atoms with van der Waals surface area (Å²) in [6.45, 7) is 2.24. The second-order valence-electron chi connectivity index (χ2n) is 8.38. The SMILES string of the molecule is CCCc1ccc(-c2ccc(C(=O)NC(CS(C)(=O)=O)C(=O)NOCc3ccccc3)cc2)cc1. The highest BCUT2D eigenvalue weighted by atomic mass is 32.2. The molecule has 2 N–H and O–H groups in total. The summed E-state index contributed by atoms with van der Waals surface area (Å²) >= 11 is 0. The van der Waals surface area contributed by atoms with Crippen LogP contribution in [0.5, 0.6) is 0 Å². The molecule has 0 radical (unpaired) electrons. The molecular weight excluding hydrogens is 464 g/mol. The molecule has 7 nitrogen and oxygen atoms in total. The van der Waals surface area contributed by atoms with Gasteiger partial charge in [-0.15, -0.1) is 0 Å². The van der Waals surface area contributed by atoms with Crippen LogP contribution >= 0.6 is 0 Å². The van der Waals surface area contributed by atoms with Crippen LogP contribution in [-0.4, -0.2) is 38.3 Å². The van der Waals surface area contributed by atoms with E-state index < -0.39 is 33.4 Å². The number of benzene rings is 3. The minimum Gasteiger partial charge on any atom is -0.339 e. The van der Waals surface area contributed by atoms with E-state index in [4.69, 9.17) is 4.84 Å². The van der Waals surface area contributed by atoms with E-state index in [1.807, 2.05) is 54.6 Å². The number of hydroxylamine groups is 1. The van der Waals surface area contributed by atoms with E-state index in [9.17, 15) is 18.0 Å². The normalized spacial score (nSPS) is 12.1. The molecule has 0 heterocycles. The van der Waals surface area contributed by atoms with Crippen LogP contribution in [0.4, 0.5) is 0 Å². The highest BCUT2D eigenvalue weighted by Gasteiger charge is 2.26. The van der Waals surface area contributed by atoms with Crippen LogP contribution in [-0.2, 0) is 32.5 Å². The van der Waals surface area contributed by atoms with Crippen molar-refractivity contribution < 1.29 is 22.8 Å². The van der Waals surface area contributed by atoms with Crippen LogP contribution in [0.3, 0.4) is 0 Å². The zero-order valence-corrected chi connectivity index (χ0v) is 20.7. The zero-order chi connectivity index (χ0) is 25.3. The van der Waals surface area contributed by atoms with Crippen molar-refractivity contribution in [2.45, 2.75) is 32.4 Å². The van der Waals surface area contributed by atoms with Gasteiger partial charge in [-0.05, 0) is 40.8 Å². The van der Waals surface area contributed by atoms with Crippen molar-refractivity contribution >= 4 is 21.7 Å². The van der Waals surface area contributed by atoms with Crippen LogP contribution in [0.15, 0.2) is 78.9 Å². The fourth-order valence-electron chi connectivity index (χ4n) is 3.53. The molecule has 0 bridgehead atoms. The number of rotatable bonds is 11. The third-order valence-corrected chi connectivity index (χ3v) is 6.26. The van der Waals surface area contributed by atoms with E-state index in [-0.39, 0.29) is 6.61 Å². The van der Waals surface area contributed by atoms with Crippen LogP contribution in [0.2, 0.25) is 0 Å². The van der Waals surface area contributed by atoms with Gasteiger partial charge in [0.25, 0.3) is 11.8 Å². The quantitative estimate of drug-likeness (QED) is 0.396. The molecule has 0 saturated heterocycles. The molecule has 0 aliphatic carbocycles. The largest absolute Gasteiger partial charge is 0.339 e. The fraction of sp³-hybridized carbons (Fsp3) is 0.259. The number of sulfone groups is 1. The molecule has 3 rings (SSSR count). The Bertz CT molecular complexity index is 1220. The number of amides is 2. The average molecular weight is 495 g/mol. The number of carbonyl (C=O) groups is 2. The standard InChI is InChI=1S/C27H30N2O5S/c1-3-7-20-10-12-22(13-11-20)23-14-16-24(17-15-23)26(30)28-25(19-35(2,32)33)27(31)29-34-18-21-8-5-4-6-9-21/h4-6,8-17,25H,3,7,18-19H2,1-2H3,(H,28,30)(H,29,31). The summed E-state index contributed by atoms with van der Waals surface area (Å²) in [6, 6.07) is 23.1. The Hall–Kier alpha value is -3.49. The first kappa shape index (κ1) is 26.1. The summed E-state index contributed by atoms with van der Waals surface area (Å²) in [5, 5.41) is 2.51. The van der Waals surface area contributed by atoms with E-state index in [1.165, 1.54) is 5.56 Å². The van der Waals surface area contributed by atoms with Gasteiger partial charge in [0.15, 0.2) is 0 Å². The minimum absolute atomic E-state index is 0.104. The lowest BCUT2D eigenvalue weighted by Crippen LogP contribution is -2.50. The van der Waals surface area contributed by atoms with Gasteiger partial charge in [-0.2, -0.15) is 0 Å². The van der Waals surface area contributed by atoms with Crippen LogP contribution < -0.4 is 10.8 Å². The Morgan fingerprint density at radius 2 is 1.46 bits per heavy atom. The Kier molecular flexibility index (Phi) is 9.17. The Labute approximate surface area is 206 Å². The molecule has 35 heavy (non-hydrogen) atoms. The van der Waals surface area contributed by atoms with Gasteiger partial charge in [0.2, 0.25) is 0 Å². The molecule has 0 aliphatic rings. The summed E-state index contributed by atoms with van der Waals surface area (Å²) in [4.78, 5) is 30.6. The van der Waals surface area contributed by atoms with Gasteiger partial charge in [-0.3, -0.25) is 14.4 Å². The maximum Gasteiger partial charge on any atom is 0.267 e. The monoisotopic (exact) mass is 494 g/mol. The maximum absolute atomic E-state index is 12.8. The van der Waals surface area contributed by atoms with E-state index in [1.54, 1.807) is 12.1 Å². The van der Waals surface area contributed by atoms with Crippen molar-refractivity contribution in [2.24, 2.45) is 0 Å².